The highest BCUT2D eigenvalue weighted by Gasteiger charge is 2.38. The van der Waals surface area contributed by atoms with Crippen LogP contribution in [0.1, 0.15) is 77.9 Å². The van der Waals surface area contributed by atoms with Crippen molar-refractivity contribution in [2.45, 2.75) is 79.9 Å². The molecule has 0 saturated carbocycles. The third-order valence-electron chi connectivity index (χ3n) is 5.95. The van der Waals surface area contributed by atoms with E-state index in [1.54, 1.807) is 37.1 Å². The van der Waals surface area contributed by atoms with Gasteiger partial charge in [0.2, 0.25) is 0 Å². The lowest BCUT2D eigenvalue weighted by Gasteiger charge is -2.35. The van der Waals surface area contributed by atoms with E-state index in [2.05, 4.69) is 15.1 Å². The molecule has 2 aromatic heterocycles. The van der Waals surface area contributed by atoms with Crippen LogP contribution in [0, 0.1) is 5.41 Å². The predicted molar refractivity (Wildman–Crippen MR) is 165 cm³/mol. The lowest BCUT2D eigenvalue weighted by Crippen LogP contribution is -2.44. The number of amides is 1. The van der Waals surface area contributed by atoms with Crippen molar-refractivity contribution < 1.29 is 18.3 Å². The van der Waals surface area contributed by atoms with Crippen molar-refractivity contribution >= 4 is 20.9 Å². The number of alkyl halides is 1. The second kappa shape index (κ2) is 18.1. The molecule has 2 aromatic rings. The van der Waals surface area contributed by atoms with E-state index in [-0.39, 0.29) is 35.8 Å². The van der Waals surface area contributed by atoms with Crippen LogP contribution in [0.15, 0.2) is 65.8 Å². The van der Waals surface area contributed by atoms with Crippen LogP contribution in [0.5, 0.6) is 0 Å². The molecule has 3 unspecified atom stereocenters. The van der Waals surface area contributed by atoms with E-state index in [4.69, 9.17) is 10.1 Å². The van der Waals surface area contributed by atoms with E-state index >= 15 is 0 Å². The number of nitrogens with one attached hydrogen (secondary N) is 2. The number of aryl methyl sites for hydroxylation is 1. The summed E-state index contributed by atoms with van der Waals surface area (Å²) in [5, 5.41) is 12.9. The highest BCUT2D eigenvalue weighted by Crippen LogP contribution is 2.32. The second-order valence-corrected chi connectivity index (χ2v) is 9.36. The molecule has 1 amide bonds. The molecule has 0 radical (unpaired) electrons. The van der Waals surface area contributed by atoms with E-state index in [9.17, 15) is 13.6 Å². The van der Waals surface area contributed by atoms with Gasteiger partial charge in [-0.1, -0.05) is 56.0 Å². The summed E-state index contributed by atoms with van der Waals surface area (Å²) in [6, 6.07) is -0.899. The normalized spacial score (nSPS) is 16.6. The summed E-state index contributed by atoms with van der Waals surface area (Å²) in [5.74, 6) is -2.69. The third kappa shape index (κ3) is 9.88. The minimum absolute atomic E-state index is 0.0196. The van der Waals surface area contributed by atoms with Gasteiger partial charge in [-0.05, 0) is 38.0 Å². The lowest BCUT2D eigenvalue weighted by atomic mass is 9.96. The van der Waals surface area contributed by atoms with Gasteiger partial charge in [0.1, 0.15) is 24.4 Å². The maximum Gasteiger partial charge on any atom is 0.289 e. The number of H-pyrrole nitrogens is 1. The Morgan fingerprint density at radius 1 is 1.32 bits per heavy atom. The zero-order chi connectivity index (χ0) is 31.1. The summed E-state index contributed by atoms with van der Waals surface area (Å²) in [7, 11) is 3.79. The quantitative estimate of drug-likeness (QED) is 0.102. The Hall–Kier alpha value is -3.39. The van der Waals surface area contributed by atoms with Crippen molar-refractivity contribution in [1.82, 2.24) is 24.6 Å². The highest BCUT2D eigenvalue weighted by atomic mass is 31.0. The van der Waals surface area contributed by atoms with E-state index in [1.807, 2.05) is 49.9 Å². The van der Waals surface area contributed by atoms with Crippen LogP contribution in [0.3, 0.4) is 0 Å². The predicted octanol–water partition coefficient (Wildman–Crippen LogP) is 7.07. The number of ether oxygens (including phenoxy) is 1. The number of fused-ring (bicyclic) bond motifs is 1. The molecule has 1 aliphatic heterocycles. The van der Waals surface area contributed by atoms with E-state index in [0.717, 1.165) is 17.7 Å². The van der Waals surface area contributed by atoms with Gasteiger partial charge < -0.3 is 20.0 Å². The summed E-state index contributed by atoms with van der Waals surface area (Å²) < 4.78 is 36.4. The fourth-order valence-electron chi connectivity index (χ4n) is 3.91. The average molecular weight is 591 g/mol. The molecule has 0 aromatic carbocycles. The number of rotatable bonds is 10. The van der Waals surface area contributed by atoms with Gasteiger partial charge in [-0.25, -0.2) is 13.8 Å². The highest BCUT2D eigenvalue weighted by molar-refractivity contribution is 7.17. The molecule has 0 aliphatic carbocycles. The first-order valence-corrected chi connectivity index (χ1v) is 14.6. The van der Waals surface area contributed by atoms with Crippen LogP contribution >= 0.6 is 9.24 Å². The Labute approximate surface area is 245 Å². The molecular formula is C30H45F2N6O2P. The number of allylic oxidation sites excluding steroid dienone is 6. The molecule has 1 aliphatic rings. The van der Waals surface area contributed by atoms with Gasteiger partial charge >= 0.3 is 0 Å². The van der Waals surface area contributed by atoms with Crippen molar-refractivity contribution in [3.8, 4) is 0 Å². The molecule has 3 atom stereocenters. The maximum atomic E-state index is 14.6. The summed E-state index contributed by atoms with van der Waals surface area (Å²) in [6.07, 6.45) is 12.3. The van der Waals surface area contributed by atoms with Crippen LogP contribution in [-0.4, -0.2) is 48.7 Å². The average Bonchev–Trinajstić information content (AvgIpc) is 3.63. The molecule has 0 fully saturated rings. The van der Waals surface area contributed by atoms with Crippen molar-refractivity contribution in [3.63, 3.8) is 0 Å². The van der Waals surface area contributed by atoms with Crippen LogP contribution in [0.4, 0.5) is 8.78 Å². The molecule has 3 heterocycles. The Bertz CT molecular complexity index is 1260. The van der Waals surface area contributed by atoms with Gasteiger partial charge in [-0.3, -0.25) is 9.48 Å². The molecule has 0 spiro atoms. The van der Waals surface area contributed by atoms with E-state index in [0.29, 0.717) is 12.1 Å². The van der Waals surface area contributed by atoms with Gasteiger partial charge in [0.05, 0.1) is 23.9 Å². The van der Waals surface area contributed by atoms with Gasteiger partial charge in [0.15, 0.2) is 5.76 Å². The molecule has 226 valence electrons. The molecule has 3 rings (SSSR count). The van der Waals surface area contributed by atoms with Crippen LogP contribution in [0.2, 0.25) is 0 Å². The van der Waals surface area contributed by atoms with Crippen LogP contribution in [0.25, 0.3) is 0 Å². The van der Waals surface area contributed by atoms with Crippen LogP contribution in [-0.2, 0) is 29.6 Å². The zero-order valence-corrected chi connectivity index (χ0v) is 26.6. The first-order valence-electron chi connectivity index (χ1n) is 14.0. The van der Waals surface area contributed by atoms with Gasteiger partial charge in [-0.15, -0.1) is 0 Å². The minimum Gasteiger partial charge on any atom is -0.483 e. The molecule has 0 bridgehead atoms. The smallest absolute Gasteiger partial charge is 0.289 e. The molecule has 8 nitrogen and oxygen atoms in total. The number of halogens is 2. The Kier molecular flexibility index (Phi) is 15.8. The topological polar surface area (TPSA) is 99.9 Å². The largest absolute Gasteiger partial charge is 0.483 e. The minimum atomic E-state index is -1.51. The second-order valence-electron chi connectivity index (χ2n) is 8.78. The Balaban J connectivity index is 0.00000201. The summed E-state index contributed by atoms with van der Waals surface area (Å²) in [6.45, 7) is 13.3. The first-order chi connectivity index (χ1) is 19.6. The SMILES string of the molecule is CC.CC.CC\C=C/C=C(F)\C(C)=C\C(=N)C1c2nc[nH]c2CCN1C(=O)/C(OCc1cnn(C)c1)=C(/C)C(F)P. The monoisotopic (exact) mass is 590 g/mol. The van der Waals surface area contributed by atoms with Gasteiger partial charge in [0, 0.05) is 43.0 Å². The van der Waals surface area contributed by atoms with Gasteiger partial charge in [-0.2, -0.15) is 5.10 Å². The number of imidazole rings is 1. The number of aromatic nitrogens is 4. The lowest BCUT2D eigenvalue weighted by molar-refractivity contribution is -0.133. The van der Waals surface area contributed by atoms with Crippen molar-refractivity contribution in [2.75, 3.05) is 6.54 Å². The standard InChI is InChI=1S/C26H33F2N6O2P.2C2H6/c1-5-6-7-8-19(27)16(2)11-20(29)23-22-21(30-15-31-22)9-10-34(23)26(35)24(17(3)25(28)37)36-14-18-12-32-33(4)13-18;2*1-2/h6-8,11-13,15,23,25,29H,5,9-10,14,37H2,1-4H3,(H,30,31);2*1-2H3/b7-6-,16-11+,19-8+,24-17+,29-20?;;. The summed E-state index contributed by atoms with van der Waals surface area (Å²) >= 11 is 0. The number of carbonyl (C=O) groups excluding carboxylic acids is 1. The van der Waals surface area contributed by atoms with Crippen LogP contribution < -0.4 is 0 Å². The first kappa shape index (κ1) is 35.6. The Morgan fingerprint density at radius 3 is 2.59 bits per heavy atom. The van der Waals surface area contributed by atoms with Crippen molar-refractivity contribution in [3.05, 3.63) is 82.7 Å². The van der Waals surface area contributed by atoms with E-state index in [1.165, 1.54) is 30.3 Å². The fourth-order valence-corrected chi connectivity index (χ4v) is 4.06. The van der Waals surface area contributed by atoms with Crippen molar-refractivity contribution in [2.24, 2.45) is 7.05 Å². The third-order valence-corrected chi connectivity index (χ3v) is 6.45. The molecule has 11 heteroatoms. The van der Waals surface area contributed by atoms with E-state index < -0.39 is 23.7 Å². The fraction of sp³-hybridized carbons (Fsp3) is 0.467. The molecule has 0 saturated heterocycles. The molecular weight excluding hydrogens is 545 g/mol. The number of aromatic amines is 1. The summed E-state index contributed by atoms with van der Waals surface area (Å²) in [5.41, 5.74) is 2.34. The van der Waals surface area contributed by atoms with Gasteiger partial charge in [0.25, 0.3) is 5.91 Å². The number of nitrogens with zero attached hydrogens (tertiary/aromatic N) is 4. The number of hydrogen-bond donors (Lipinski definition) is 2. The molecule has 41 heavy (non-hydrogen) atoms. The zero-order valence-electron chi connectivity index (χ0n) is 25.5. The molecule has 2 N–H and O–H groups in total. The van der Waals surface area contributed by atoms with Crippen molar-refractivity contribution in [1.29, 1.82) is 5.41 Å². The number of carbonyl (C=O) groups is 1. The maximum absolute atomic E-state index is 14.6. The number of hydrogen-bond acceptors (Lipinski definition) is 5. The Morgan fingerprint density at radius 2 is 2.00 bits per heavy atom. The summed E-state index contributed by atoms with van der Waals surface area (Å²) in [4.78, 5) is 22.7.